The summed E-state index contributed by atoms with van der Waals surface area (Å²) < 4.78 is 10.5. The number of carbonyl (C=O) groups excluding carboxylic acids is 2. The van der Waals surface area contributed by atoms with Crippen LogP contribution in [-0.2, 0) is 9.59 Å². The third kappa shape index (κ3) is 3.58. The van der Waals surface area contributed by atoms with Gasteiger partial charge in [-0.05, 0) is 19.1 Å². The Morgan fingerprint density at radius 2 is 2.16 bits per heavy atom. The van der Waals surface area contributed by atoms with Crippen molar-refractivity contribution in [3.8, 4) is 11.5 Å². The molecule has 3 rings (SSSR count). The second-order valence-electron chi connectivity index (χ2n) is 5.71. The zero-order valence-electron chi connectivity index (χ0n) is 14.2. The minimum absolute atomic E-state index is 0.112. The molecule has 1 atom stereocenters. The quantitative estimate of drug-likeness (QED) is 0.885. The summed E-state index contributed by atoms with van der Waals surface area (Å²) in [6, 6.07) is 5.24. The number of methoxy groups -OCH3 is 2. The van der Waals surface area contributed by atoms with E-state index in [1.165, 1.54) is 18.4 Å². The fourth-order valence-electron chi connectivity index (χ4n) is 2.74. The molecule has 0 spiro atoms. The lowest BCUT2D eigenvalue weighted by Crippen LogP contribution is -2.28. The van der Waals surface area contributed by atoms with Gasteiger partial charge in [-0.2, -0.15) is 0 Å². The predicted molar refractivity (Wildman–Crippen MR) is 95.5 cm³/mol. The number of hydrogen-bond donors (Lipinski definition) is 1. The molecule has 0 bridgehead atoms. The second kappa shape index (κ2) is 7.10. The maximum Gasteiger partial charge on any atom is 0.231 e. The van der Waals surface area contributed by atoms with Crippen LogP contribution >= 0.6 is 11.3 Å². The largest absolute Gasteiger partial charge is 0.497 e. The zero-order valence-corrected chi connectivity index (χ0v) is 15.1. The molecule has 7 nitrogen and oxygen atoms in total. The SMILES string of the molecule is COc1ccc(N2CC(C(=O)Nc3ncc(C)s3)CC2=O)c(OC)c1. The van der Waals surface area contributed by atoms with E-state index in [2.05, 4.69) is 10.3 Å². The van der Waals surface area contributed by atoms with E-state index in [9.17, 15) is 9.59 Å². The van der Waals surface area contributed by atoms with Crippen molar-refractivity contribution in [2.75, 3.05) is 31.0 Å². The molecule has 8 heteroatoms. The monoisotopic (exact) mass is 361 g/mol. The molecule has 132 valence electrons. The van der Waals surface area contributed by atoms with Crippen molar-refractivity contribution < 1.29 is 19.1 Å². The topological polar surface area (TPSA) is 80.8 Å². The highest BCUT2D eigenvalue weighted by Gasteiger charge is 2.36. The summed E-state index contributed by atoms with van der Waals surface area (Å²) in [6.45, 7) is 2.22. The molecule has 2 amide bonds. The first kappa shape index (κ1) is 17.2. The van der Waals surface area contributed by atoms with Gasteiger partial charge in [-0.15, -0.1) is 11.3 Å². The van der Waals surface area contributed by atoms with Crippen molar-refractivity contribution >= 4 is 34.0 Å². The van der Waals surface area contributed by atoms with Gasteiger partial charge in [-0.3, -0.25) is 9.59 Å². The van der Waals surface area contributed by atoms with Crippen LogP contribution in [0.25, 0.3) is 0 Å². The number of amides is 2. The van der Waals surface area contributed by atoms with E-state index in [1.807, 2.05) is 6.92 Å². The molecule has 1 fully saturated rings. The van der Waals surface area contributed by atoms with Crippen molar-refractivity contribution in [1.82, 2.24) is 4.98 Å². The highest BCUT2D eigenvalue weighted by Crippen LogP contribution is 2.36. The third-order valence-electron chi connectivity index (χ3n) is 4.02. The Labute approximate surface area is 149 Å². The summed E-state index contributed by atoms with van der Waals surface area (Å²) in [6.07, 6.45) is 1.86. The molecular weight excluding hydrogens is 342 g/mol. The number of hydrogen-bond acceptors (Lipinski definition) is 6. The van der Waals surface area contributed by atoms with Crippen LogP contribution in [0.15, 0.2) is 24.4 Å². The van der Waals surface area contributed by atoms with Crippen LogP contribution in [0, 0.1) is 12.8 Å². The minimum Gasteiger partial charge on any atom is -0.497 e. The summed E-state index contributed by atoms with van der Waals surface area (Å²) in [5.74, 6) is 0.435. The first-order valence-electron chi connectivity index (χ1n) is 7.77. The first-order chi connectivity index (χ1) is 12.0. The third-order valence-corrected chi connectivity index (χ3v) is 4.85. The van der Waals surface area contributed by atoms with E-state index in [-0.39, 0.29) is 18.2 Å². The van der Waals surface area contributed by atoms with Crippen molar-refractivity contribution in [1.29, 1.82) is 0 Å². The molecule has 1 aliphatic heterocycles. The normalized spacial score (nSPS) is 16.8. The minimum atomic E-state index is -0.427. The first-order valence-corrected chi connectivity index (χ1v) is 8.59. The number of anilines is 2. The summed E-state index contributed by atoms with van der Waals surface area (Å²) in [5.41, 5.74) is 0.633. The Hall–Kier alpha value is -2.61. The Morgan fingerprint density at radius 3 is 2.80 bits per heavy atom. The van der Waals surface area contributed by atoms with Crippen molar-refractivity contribution in [3.05, 3.63) is 29.3 Å². The van der Waals surface area contributed by atoms with E-state index in [4.69, 9.17) is 9.47 Å². The average molecular weight is 361 g/mol. The molecule has 1 aromatic carbocycles. The Bertz CT molecular complexity index is 805. The molecule has 0 saturated carbocycles. The molecule has 25 heavy (non-hydrogen) atoms. The molecule has 1 aliphatic rings. The van der Waals surface area contributed by atoms with Crippen molar-refractivity contribution in [2.45, 2.75) is 13.3 Å². The van der Waals surface area contributed by atoms with Gasteiger partial charge in [0.2, 0.25) is 11.8 Å². The Morgan fingerprint density at radius 1 is 1.36 bits per heavy atom. The zero-order chi connectivity index (χ0) is 18.0. The average Bonchev–Trinajstić information content (AvgIpc) is 3.19. The number of carbonyl (C=O) groups is 2. The molecule has 2 heterocycles. The van der Waals surface area contributed by atoms with Crippen LogP contribution in [0.4, 0.5) is 10.8 Å². The lowest BCUT2D eigenvalue weighted by molar-refractivity contribution is -0.122. The molecule has 0 aliphatic carbocycles. The van der Waals surface area contributed by atoms with Gasteiger partial charge in [0.05, 0.1) is 25.8 Å². The van der Waals surface area contributed by atoms with Crippen LogP contribution in [0.1, 0.15) is 11.3 Å². The summed E-state index contributed by atoms with van der Waals surface area (Å²) in [7, 11) is 3.10. The van der Waals surface area contributed by atoms with Gasteiger partial charge >= 0.3 is 0 Å². The number of nitrogens with one attached hydrogen (secondary N) is 1. The van der Waals surface area contributed by atoms with Gasteiger partial charge in [0.1, 0.15) is 11.5 Å². The molecule has 1 unspecified atom stereocenters. The fourth-order valence-corrected chi connectivity index (χ4v) is 3.41. The highest BCUT2D eigenvalue weighted by molar-refractivity contribution is 7.15. The molecule has 1 saturated heterocycles. The summed E-state index contributed by atoms with van der Waals surface area (Å²) in [4.78, 5) is 31.6. The van der Waals surface area contributed by atoms with Crippen LogP contribution in [0.2, 0.25) is 0 Å². The number of aromatic nitrogens is 1. The summed E-state index contributed by atoms with van der Waals surface area (Å²) in [5, 5.41) is 3.33. The fraction of sp³-hybridized carbons (Fsp3) is 0.353. The lowest BCUT2D eigenvalue weighted by Gasteiger charge is -2.20. The predicted octanol–water partition coefficient (Wildman–Crippen LogP) is 2.46. The smallest absolute Gasteiger partial charge is 0.231 e. The standard InChI is InChI=1S/C17H19N3O4S/c1-10-8-18-17(25-10)19-16(22)11-6-15(21)20(9-11)13-5-4-12(23-2)7-14(13)24-3/h4-5,7-8,11H,6,9H2,1-3H3,(H,18,19,22). The van der Waals surface area contributed by atoms with Crippen LogP contribution in [0.5, 0.6) is 11.5 Å². The number of ether oxygens (including phenoxy) is 2. The number of nitrogens with zero attached hydrogens (tertiary/aromatic N) is 2. The highest BCUT2D eigenvalue weighted by atomic mass is 32.1. The van der Waals surface area contributed by atoms with Crippen LogP contribution in [-0.4, -0.2) is 37.6 Å². The van der Waals surface area contributed by atoms with E-state index in [0.717, 1.165) is 4.88 Å². The maximum absolute atomic E-state index is 12.4. The van der Waals surface area contributed by atoms with E-state index >= 15 is 0 Å². The molecule has 0 radical (unpaired) electrons. The van der Waals surface area contributed by atoms with Gasteiger partial charge in [0, 0.05) is 30.1 Å². The lowest BCUT2D eigenvalue weighted by atomic mass is 10.1. The van der Waals surface area contributed by atoms with Gasteiger partial charge in [0.25, 0.3) is 0 Å². The van der Waals surface area contributed by atoms with E-state index in [0.29, 0.717) is 28.9 Å². The van der Waals surface area contributed by atoms with E-state index in [1.54, 1.807) is 36.4 Å². The van der Waals surface area contributed by atoms with Crippen LogP contribution < -0.4 is 19.7 Å². The Balaban J connectivity index is 1.75. The number of benzene rings is 1. The van der Waals surface area contributed by atoms with Gasteiger partial charge in [-0.25, -0.2) is 4.98 Å². The molecule has 1 aromatic heterocycles. The van der Waals surface area contributed by atoms with Crippen LogP contribution in [0.3, 0.4) is 0 Å². The molecular formula is C17H19N3O4S. The Kier molecular flexibility index (Phi) is 4.89. The second-order valence-corrected chi connectivity index (χ2v) is 6.94. The number of rotatable bonds is 5. The van der Waals surface area contributed by atoms with Gasteiger partial charge < -0.3 is 19.7 Å². The summed E-state index contributed by atoms with van der Waals surface area (Å²) >= 11 is 1.41. The van der Waals surface area contributed by atoms with Crippen molar-refractivity contribution in [3.63, 3.8) is 0 Å². The van der Waals surface area contributed by atoms with E-state index < -0.39 is 5.92 Å². The molecule has 1 N–H and O–H groups in total. The van der Waals surface area contributed by atoms with Gasteiger partial charge in [-0.1, -0.05) is 0 Å². The van der Waals surface area contributed by atoms with Crippen molar-refractivity contribution in [2.24, 2.45) is 5.92 Å². The number of aryl methyl sites for hydroxylation is 1. The number of thiazole rings is 1. The van der Waals surface area contributed by atoms with Gasteiger partial charge in [0.15, 0.2) is 5.13 Å². The maximum atomic E-state index is 12.4. The molecule has 2 aromatic rings.